The van der Waals surface area contributed by atoms with Crippen molar-refractivity contribution in [3.63, 3.8) is 0 Å². The summed E-state index contributed by atoms with van der Waals surface area (Å²) in [4.78, 5) is 3.98. The quantitative estimate of drug-likeness (QED) is 0.912. The van der Waals surface area contributed by atoms with Crippen molar-refractivity contribution in [3.8, 4) is 11.5 Å². The zero-order valence-corrected chi connectivity index (χ0v) is 10.2. The van der Waals surface area contributed by atoms with Crippen molar-refractivity contribution >= 4 is 33.8 Å². The minimum atomic E-state index is -3.61. The third kappa shape index (κ3) is 2.19. The van der Waals surface area contributed by atoms with E-state index in [-0.39, 0.29) is 11.5 Å². The van der Waals surface area contributed by atoms with E-state index in [0.717, 1.165) is 0 Å². The van der Waals surface area contributed by atoms with Gasteiger partial charge < -0.3 is 14.8 Å². The topological polar surface area (TPSA) is 43.4 Å². The Hall–Kier alpha value is -1.60. The molecule has 0 radical (unpaired) electrons. The normalized spacial score (nSPS) is 15.7. The summed E-state index contributed by atoms with van der Waals surface area (Å²) in [6.07, 6.45) is -3.61. The van der Waals surface area contributed by atoms with Crippen LogP contribution in [0.15, 0.2) is 23.6 Å². The number of thiazole rings is 1. The van der Waals surface area contributed by atoms with E-state index < -0.39 is 6.29 Å². The highest BCUT2D eigenvalue weighted by atomic mass is 35.5. The lowest BCUT2D eigenvalue weighted by molar-refractivity contribution is -0.286. The van der Waals surface area contributed by atoms with Crippen LogP contribution in [0.1, 0.15) is 0 Å². The molecule has 8 heteroatoms. The molecule has 2 aromatic rings. The summed E-state index contributed by atoms with van der Waals surface area (Å²) in [6.45, 7) is 0. The molecule has 0 spiro atoms. The van der Waals surface area contributed by atoms with E-state index in [2.05, 4.69) is 19.8 Å². The van der Waals surface area contributed by atoms with Gasteiger partial charge in [0, 0.05) is 17.1 Å². The summed E-state index contributed by atoms with van der Waals surface area (Å²) in [7, 11) is 0. The van der Waals surface area contributed by atoms with Crippen molar-refractivity contribution in [3.05, 3.63) is 28.7 Å². The molecule has 18 heavy (non-hydrogen) atoms. The standard InChI is InChI=1S/C10H5ClF2N2O2S/c11-8-4-18-9(15-8)14-5-1-2-6-7(3-5)17-10(12,13)16-6/h1-4H,(H,14,15). The molecule has 0 saturated carbocycles. The number of halogens is 3. The van der Waals surface area contributed by atoms with Gasteiger partial charge in [-0.15, -0.1) is 20.1 Å². The van der Waals surface area contributed by atoms with E-state index in [1.807, 2.05) is 0 Å². The third-order valence-corrected chi connectivity index (χ3v) is 3.21. The molecular weight excluding hydrogens is 286 g/mol. The first-order valence-corrected chi connectivity index (χ1v) is 6.05. The molecule has 0 atom stereocenters. The first-order valence-electron chi connectivity index (χ1n) is 4.80. The average Bonchev–Trinajstić information content (AvgIpc) is 2.80. The summed E-state index contributed by atoms with van der Waals surface area (Å²) >= 11 is 6.98. The maximum Gasteiger partial charge on any atom is 0.586 e. The highest BCUT2D eigenvalue weighted by Crippen LogP contribution is 2.42. The van der Waals surface area contributed by atoms with Gasteiger partial charge in [0.2, 0.25) is 0 Å². The lowest BCUT2D eigenvalue weighted by Gasteiger charge is -2.04. The van der Waals surface area contributed by atoms with Crippen molar-refractivity contribution in [1.29, 1.82) is 0 Å². The molecule has 1 aromatic heterocycles. The Morgan fingerprint density at radius 2 is 2.06 bits per heavy atom. The molecule has 0 aliphatic carbocycles. The number of rotatable bonds is 2. The molecule has 1 aliphatic rings. The highest BCUT2D eigenvalue weighted by Gasteiger charge is 2.43. The van der Waals surface area contributed by atoms with E-state index in [4.69, 9.17) is 11.6 Å². The minimum Gasteiger partial charge on any atom is -0.395 e. The van der Waals surface area contributed by atoms with Gasteiger partial charge >= 0.3 is 6.29 Å². The number of ether oxygens (including phenoxy) is 2. The Morgan fingerprint density at radius 1 is 1.28 bits per heavy atom. The van der Waals surface area contributed by atoms with Gasteiger partial charge in [0.05, 0.1) is 0 Å². The smallest absolute Gasteiger partial charge is 0.395 e. The molecule has 2 heterocycles. The van der Waals surface area contributed by atoms with E-state index in [1.165, 1.54) is 23.5 Å². The summed E-state index contributed by atoms with van der Waals surface area (Å²) < 4.78 is 34.2. The van der Waals surface area contributed by atoms with Gasteiger partial charge in [-0.3, -0.25) is 0 Å². The number of benzene rings is 1. The van der Waals surface area contributed by atoms with Crippen LogP contribution >= 0.6 is 22.9 Å². The number of hydrogen-bond acceptors (Lipinski definition) is 5. The monoisotopic (exact) mass is 290 g/mol. The first kappa shape index (κ1) is 11.5. The Kier molecular flexibility index (Phi) is 2.53. The van der Waals surface area contributed by atoms with Crippen LogP contribution in [0.3, 0.4) is 0 Å². The van der Waals surface area contributed by atoms with Crippen LogP contribution in [-0.4, -0.2) is 11.3 Å². The second kappa shape index (κ2) is 3.96. The molecule has 1 aliphatic heterocycles. The molecule has 0 saturated heterocycles. The largest absolute Gasteiger partial charge is 0.586 e. The lowest BCUT2D eigenvalue weighted by atomic mass is 10.3. The predicted octanol–water partition coefficient (Wildman–Crippen LogP) is 3.86. The maximum atomic E-state index is 12.8. The van der Waals surface area contributed by atoms with Crippen molar-refractivity contribution in [2.75, 3.05) is 5.32 Å². The Balaban J connectivity index is 1.84. The second-order valence-corrected chi connectivity index (χ2v) is 4.67. The summed E-state index contributed by atoms with van der Waals surface area (Å²) in [6, 6.07) is 4.39. The van der Waals surface area contributed by atoms with Crippen molar-refractivity contribution < 1.29 is 18.3 Å². The minimum absolute atomic E-state index is 0.00252. The van der Waals surface area contributed by atoms with E-state index in [0.29, 0.717) is 16.0 Å². The number of fused-ring (bicyclic) bond motifs is 1. The molecule has 0 bridgehead atoms. The zero-order valence-electron chi connectivity index (χ0n) is 8.62. The Bertz CT molecular complexity index is 605. The highest BCUT2D eigenvalue weighted by molar-refractivity contribution is 7.14. The van der Waals surface area contributed by atoms with Crippen LogP contribution in [0.2, 0.25) is 5.15 Å². The zero-order chi connectivity index (χ0) is 12.8. The number of alkyl halides is 2. The lowest BCUT2D eigenvalue weighted by Crippen LogP contribution is -2.25. The SMILES string of the molecule is FC1(F)Oc2ccc(Nc3nc(Cl)cs3)cc2O1. The third-order valence-electron chi connectivity index (χ3n) is 2.13. The van der Waals surface area contributed by atoms with Gasteiger partial charge in [-0.1, -0.05) is 11.6 Å². The van der Waals surface area contributed by atoms with Gasteiger partial charge in [-0.05, 0) is 12.1 Å². The fraction of sp³-hybridized carbons (Fsp3) is 0.100. The Labute approximate surface area is 109 Å². The number of nitrogens with zero attached hydrogens (tertiary/aromatic N) is 1. The summed E-state index contributed by atoms with van der Waals surface area (Å²) in [5, 5.41) is 5.51. The fourth-order valence-electron chi connectivity index (χ4n) is 1.46. The van der Waals surface area contributed by atoms with Gasteiger partial charge in [0.1, 0.15) is 5.15 Å². The molecule has 0 amide bonds. The molecule has 94 valence electrons. The van der Waals surface area contributed by atoms with Crippen molar-refractivity contribution in [2.24, 2.45) is 0 Å². The van der Waals surface area contributed by atoms with Gasteiger partial charge in [-0.25, -0.2) is 4.98 Å². The van der Waals surface area contributed by atoms with Gasteiger partial charge in [0.15, 0.2) is 16.6 Å². The predicted molar refractivity (Wildman–Crippen MR) is 63.1 cm³/mol. The van der Waals surface area contributed by atoms with E-state index in [9.17, 15) is 8.78 Å². The summed E-state index contributed by atoms with van der Waals surface area (Å²) in [5.41, 5.74) is 0.557. The molecule has 0 unspecified atom stereocenters. The molecular formula is C10H5ClF2N2O2S. The second-order valence-electron chi connectivity index (χ2n) is 3.43. The number of aromatic nitrogens is 1. The molecule has 3 rings (SSSR count). The van der Waals surface area contributed by atoms with Crippen molar-refractivity contribution in [2.45, 2.75) is 6.29 Å². The fourth-order valence-corrected chi connectivity index (χ4v) is 2.32. The van der Waals surface area contributed by atoms with Crippen LogP contribution in [-0.2, 0) is 0 Å². The molecule has 4 nitrogen and oxygen atoms in total. The van der Waals surface area contributed by atoms with Gasteiger partial charge in [0.25, 0.3) is 0 Å². The molecule has 1 N–H and O–H groups in total. The van der Waals surface area contributed by atoms with Crippen LogP contribution in [0.25, 0.3) is 0 Å². The molecule has 1 aromatic carbocycles. The van der Waals surface area contributed by atoms with E-state index >= 15 is 0 Å². The van der Waals surface area contributed by atoms with Crippen LogP contribution in [0.4, 0.5) is 19.6 Å². The molecule has 0 fully saturated rings. The number of nitrogens with one attached hydrogen (secondary N) is 1. The van der Waals surface area contributed by atoms with Crippen molar-refractivity contribution in [1.82, 2.24) is 4.98 Å². The Morgan fingerprint density at radius 3 is 2.78 bits per heavy atom. The maximum absolute atomic E-state index is 12.8. The number of anilines is 2. The van der Waals surface area contributed by atoms with Crippen LogP contribution in [0.5, 0.6) is 11.5 Å². The summed E-state index contributed by atoms with van der Waals surface area (Å²) in [5.74, 6) is -0.0182. The number of hydrogen-bond donors (Lipinski definition) is 1. The average molecular weight is 291 g/mol. The first-order chi connectivity index (χ1) is 8.52. The van der Waals surface area contributed by atoms with E-state index in [1.54, 1.807) is 11.4 Å². The van der Waals surface area contributed by atoms with Crippen LogP contribution in [0, 0.1) is 0 Å². The van der Waals surface area contributed by atoms with Crippen LogP contribution < -0.4 is 14.8 Å². The van der Waals surface area contributed by atoms with Gasteiger partial charge in [-0.2, -0.15) is 0 Å².